The summed E-state index contributed by atoms with van der Waals surface area (Å²) in [5.74, 6) is 1.91. The second kappa shape index (κ2) is 4.93. The Hall–Kier alpha value is -2.01. The lowest BCUT2D eigenvalue weighted by atomic mass is 9.85. The van der Waals surface area contributed by atoms with Crippen molar-refractivity contribution in [3.63, 3.8) is 0 Å². The molecule has 1 aliphatic rings. The van der Waals surface area contributed by atoms with Crippen molar-refractivity contribution in [1.82, 2.24) is 0 Å². The Balaban J connectivity index is 1.91. The summed E-state index contributed by atoms with van der Waals surface area (Å²) in [5, 5.41) is 14.9. The number of oxime groups is 1. The number of hydrogen-bond acceptors (Lipinski definition) is 4. The number of furan rings is 2. The summed E-state index contributed by atoms with van der Waals surface area (Å²) in [5.41, 5.74) is 0.783. The van der Waals surface area contributed by atoms with E-state index >= 15 is 0 Å². The quantitative estimate of drug-likeness (QED) is 0.642. The first kappa shape index (κ1) is 12.0. The first-order valence-corrected chi connectivity index (χ1v) is 6.42. The number of nitrogens with two attached hydrogens (primary N) is 1. The van der Waals surface area contributed by atoms with Crippen molar-refractivity contribution in [2.75, 3.05) is 0 Å². The van der Waals surface area contributed by atoms with E-state index in [1.807, 2.05) is 24.3 Å². The lowest BCUT2D eigenvalue weighted by Crippen LogP contribution is -2.89. The molecule has 2 aromatic rings. The van der Waals surface area contributed by atoms with E-state index in [-0.39, 0.29) is 18.0 Å². The molecule has 0 aromatic carbocycles. The van der Waals surface area contributed by atoms with Gasteiger partial charge in [-0.1, -0.05) is 12.1 Å². The molecule has 3 atom stereocenters. The van der Waals surface area contributed by atoms with Crippen LogP contribution in [-0.4, -0.2) is 10.9 Å². The first-order chi connectivity index (χ1) is 9.29. The van der Waals surface area contributed by atoms with Crippen molar-refractivity contribution in [2.45, 2.75) is 25.4 Å². The van der Waals surface area contributed by atoms with Crippen LogP contribution in [-0.2, 0) is 0 Å². The molecule has 3 heterocycles. The molecule has 3 rings (SSSR count). The minimum absolute atomic E-state index is 0.102. The van der Waals surface area contributed by atoms with Crippen LogP contribution in [0.15, 0.2) is 50.8 Å². The van der Waals surface area contributed by atoms with Crippen molar-refractivity contribution >= 4 is 5.71 Å². The molecule has 2 aromatic heterocycles. The van der Waals surface area contributed by atoms with E-state index in [4.69, 9.17) is 8.83 Å². The first-order valence-electron chi connectivity index (χ1n) is 6.42. The molecule has 0 aliphatic carbocycles. The van der Waals surface area contributed by atoms with Crippen LogP contribution in [0.3, 0.4) is 0 Å². The van der Waals surface area contributed by atoms with E-state index in [1.54, 1.807) is 12.5 Å². The fraction of sp³-hybridized carbons (Fsp3) is 0.357. The van der Waals surface area contributed by atoms with Gasteiger partial charge in [-0.05, 0) is 24.3 Å². The minimum Gasteiger partial charge on any atom is -0.463 e. The summed E-state index contributed by atoms with van der Waals surface area (Å²) in [4.78, 5) is 0. The predicted molar refractivity (Wildman–Crippen MR) is 67.8 cm³/mol. The van der Waals surface area contributed by atoms with Gasteiger partial charge < -0.3 is 19.4 Å². The molecule has 100 valence electrons. The molecule has 0 spiro atoms. The Kier molecular flexibility index (Phi) is 3.13. The number of piperidine rings is 1. The molecular formula is C14H17N2O3+. The molecule has 1 saturated heterocycles. The molecule has 5 heteroatoms. The van der Waals surface area contributed by atoms with Crippen LogP contribution >= 0.6 is 0 Å². The van der Waals surface area contributed by atoms with Gasteiger partial charge >= 0.3 is 0 Å². The maximum absolute atomic E-state index is 9.20. The predicted octanol–water partition coefficient (Wildman–Crippen LogP) is 2.09. The fourth-order valence-electron chi connectivity index (χ4n) is 2.76. The number of hydrogen-bond donors (Lipinski definition) is 2. The molecule has 0 saturated carbocycles. The third kappa shape index (κ3) is 2.17. The Morgan fingerprint density at radius 2 is 1.89 bits per heavy atom. The number of nitrogens with zero attached hydrogens (tertiary/aromatic N) is 1. The molecule has 5 nitrogen and oxygen atoms in total. The van der Waals surface area contributed by atoms with Gasteiger partial charge in [-0.2, -0.15) is 0 Å². The van der Waals surface area contributed by atoms with E-state index in [2.05, 4.69) is 17.4 Å². The highest BCUT2D eigenvalue weighted by Crippen LogP contribution is 2.29. The minimum atomic E-state index is 0.102. The van der Waals surface area contributed by atoms with E-state index in [0.717, 1.165) is 17.2 Å². The summed E-state index contributed by atoms with van der Waals surface area (Å²) in [6, 6.07) is 7.88. The molecule has 0 amide bonds. The topological polar surface area (TPSA) is 75.5 Å². The van der Waals surface area contributed by atoms with E-state index in [0.29, 0.717) is 6.42 Å². The summed E-state index contributed by atoms with van der Waals surface area (Å²) in [6.45, 7) is 2.05. The molecule has 3 N–H and O–H groups in total. The third-order valence-corrected chi connectivity index (χ3v) is 3.84. The van der Waals surface area contributed by atoms with Gasteiger partial charge in [-0.15, -0.1) is 0 Å². The van der Waals surface area contributed by atoms with Gasteiger partial charge in [0.2, 0.25) is 0 Å². The number of quaternary nitrogens is 1. The zero-order valence-electron chi connectivity index (χ0n) is 10.7. The molecular weight excluding hydrogens is 244 g/mol. The summed E-state index contributed by atoms with van der Waals surface area (Å²) in [6.07, 6.45) is 4.02. The normalized spacial score (nSPS) is 29.7. The monoisotopic (exact) mass is 261 g/mol. The van der Waals surface area contributed by atoms with Gasteiger partial charge in [0.05, 0.1) is 24.2 Å². The van der Waals surface area contributed by atoms with Gasteiger partial charge in [0.25, 0.3) is 0 Å². The molecule has 1 aliphatic heterocycles. The number of rotatable bonds is 2. The standard InChI is InChI=1S/C14H16N2O3/c1-9-10(16-17)8-11(12-4-2-6-18-12)15-14(9)13-5-3-7-19-13/h2-7,9,11,14-15,17H,8H2,1H3/p+1/b16-10-/t9-,11-,14-/m0/s1. The van der Waals surface area contributed by atoms with Crippen molar-refractivity contribution in [3.05, 3.63) is 48.3 Å². The highest BCUT2D eigenvalue weighted by Gasteiger charge is 2.40. The lowest BCUT2D eigenvalue weighted by Gasteiger charge is -2.30. The van der Waals surface area contributed by atoms with Gasteiger partial charge in [0.15, 0.2) is 23.6 Å². The second-order valence-corrected chi connectivity index (χ2v) is 4.94. The third-order valence-electron chi connectivity index (χ3n) is 3.84. The fourth-order valence-corrected chi connectivity index (χ4v) is 2.76. The zero-order valence-corrected chi connectivity index (χ0v) is 10.7. The molecule has 0 radical (unpaired) electrons. The maximum Gasteiger partial charge on any atom is 0.161 e. The van der Waals surface area contributed by atoms with Crippen molar-refractivity contribution in [2.24, 2.45) is 11.1 Å². The average molecular weight is 261 g/mol. The lowest BCUT2D eigenvalue weighted by molar-refractivity contribution is -0.745. The van der Waals surface area contributed by atoms with Gasteiger partial charge in [-0.25, -0.2) is 0 Å². The summed E-state index contributed by atoms with van der Waals surface area (Å²) >= 11 is 0. The van der Waals surface area contributed by atoms with Crippen molar-refractivity contribution in [3.8, 4) is 0 Å². The Morgan fingerprint density at radius 3 is 2.47 bits per heavy atom. The molecule has 1 fully saturated rings. The Bertz CT molecular complexity index is 545. The smallest absolute Gasteiger partial charge is 0.161 e. The zero-order chi connectivity index (χ0) is 13.2. The van der Waals surface area contributed by atoms with Crippen LogP contribution in [0.2, 0.25) is 0 Å². The van der Waals surface area contributed by atoms with Gasteiger partial charge in [0, 0.05) is 6.42 Å². The average Bonchev–Trinajstić information content (AvgIpc) is 3.12. The van der Waals surface area contributed by atoms with E-state index < -0.39 is 0 Å². The van der Waals surface area contributed by atoms with Crippen LogP contribution in [0, 0.1) is 5.92 Å². The summed E-state index contributed by atoms with van der Waals surface area (Å²) in [7, 11) is 0. The summed E-state index contributed by atoms with van der Waals surface area (Å²) < 4.78 is 11.0. The highest BCUT2D eigenvalue weighted by atomic mass is 16.4. The maximum atomic E-state index is 9.20. The van der Waals surface area contributed by atoms with Crippen molar-refractivity contribution < 1.29 is 19.4 Å². The van der Waals surface area contributed by atoms with Crippen LogP contribution in [0.5, 0.6) is 0 Å². The molecule has 0 bridgehead atoms. The second-order valence-electron chi connectivity index (χ2n) is 4.94. The van der Waals surface area contributed by atoms with Gasteiger partial charge in [-0.3, -0.25) is 0 Å². The highest BCUT2D eigenvalue weighted by molar-refractivity contribution is 5.87. The SMILES string of the molecule is C[C@H]1/C(=N\O)C[C@@H](c2ccco2)[NH2+][C@@H]1c1ccco1. The van der Waals surface area contributed by atoms with Crippen LogP contribution in [0.4, 0.5) is 0 Å². The Morgan fingerprint density at radius 1 is 1.21 bits per heavy atom. The van der Waals surface area contributed by atoms with Gasteiger partial charge in [0.1, 0.15) is 0 Å². The largest absolute Gasteiger partial charge is 0.463 e. The van der Waals surface area contributed by atoms with Crippen molar-refractivity contribution in [1.29, 1.82) is 0 Å². The van der Waals surface area contributed by atoms with Crippen LogP contribution in [0.25, 0.3) is 0 Å². The molecule has 19 heavy (non-hydrogen) atoms. The molecule has 0 unspecified atom stereocenters. The Labute approximate surface area is 110 Å². The van der Waals surface area contributed by atoms with Crippen LogP contribution < -0.4 is 5.32 Å². The van der Waals surface area contributed by atoms with Crippen LogP contribution in [0.1, 0.15) is 36.9 Å². The van der Waals surface area contributed by atoms with E-state index in [9.17, 15) is 5.21 Å². The van der Waals surface area contributed by atoms with E-state index in [1.165, 1.54) is 0 Å².